The quantitative estimate of drug-likeness (QED) is 0.858. The summed E-state index contributed by atoms with van der Waals surface area (Å²) in [5.74, 6) is 1.31. The molecule has 17 heavy (non-hydrogen) atoms. The van der Waals surface area contributed by atoms with E-state index in [1.165, 1.54) is 35.0 Å². The molecule has 1 heterocycles. The van der Waals surface area contributed by atoms with Gasteiger partial charge in [-0.25, -0.2) is 0 Å². The molecule has 3 unspecified atom stereocenters. The summed E-state index contributed by atoms with van der Waals surface area (Å²) in [5, 5.41) is 12.3. The molecule has 1 N–H and O–H groups in total. The van der Waals surface area contributed by atoms with Gasteiger partial charge in [-0.15, -0.1) is 11.3 Å². The predicted octanol–water partition coefficient (Wildman–Crippen LogP) is 4.63. The summed E-state index contributed by atoms with van der Waals surface area (Å²) in [6, 6.07) is 2.11. The van der Waals surface area contributed by atoms with Gasteiger partial charge in [-0.3, -0.25) is 0 Å². The third-order valence-corrected chi connectivity index (χ3v) is 5.84. The highest BCUT2D eigenvalue weighted by Crippen LogP contribution is 2.36. The van der Waals surface area contributed by atoms with Crippen molar-refractivity contribution in [3.05, 3.63) is 20.8 Å². The van der Waals surface area contributed by atoms with Gasteiger partial charge >= 0.3 is 0 Å². The van der Waals surface area contributed by atoms with Crippen LogP contribution >= 0.6 is 27.3 Å². The van der Waals surface area contributed by atoms with E-state index < -0.39 is 0 Å². The SMILES string of the molecule is CCCC1CCC(O)C(Cc2sccc2Br)C1. The van der Waals surface area contributed by atoms with Gasteiger partial charge in [0.05, 0.1) is 6.10 Å². The predicted molar refractivity (Wildman–Crippen MR) is 77.5 cm³/mol. The molecule has 2 rings (SSSR count). The van der Waals surface area contributed by atoms with Crippen LogP contribution in [0.3, 0.4) is 0 Å². The van der Waals surface area contributed by atoms with Gasteiger partial charge in [0.2, 0.25) is 0 Å². The highest BCUT2D eigenvalue weighted by molar-refractivity contribution is 9.10. The first kappa shape index (κ1) is 13.6. The lowest BCUT2D eigenvalue weighted by Crippen LogP contribution is -2.30. The van der Waals surface area contributed by atoms with E-state index in [9.17, 15) is 5.11 Å². The van der Waals surface area contributed by atoms with Crippen molar-refractivity contribution in [2.75, 3.05) is 0 Å². The van der Waals surface area contributed by atoms with Crippen molar-refractivity contribution in [3.63, 3.8) is 0 Å². The molecule has 96 valence electrons. The van der Waals surface area contributed by atoms with Gasteiger partial charge in [0, 0.05) is 9.35 Å². The Morgan fingerprint density at radius 3 is 2.94 bits per heavy atom. The summed E-state index contributed by atoms with van der Waals surface area (Å²) < 4.78 is 1.22. The van der Waals surface area contributed by atoms with Crippen molar-refractivity contribution in [2.45, 2.75) is 51.6 Å². The Kier molecular flexibility index (Phi) is 5.07. The van der Waals surface area contributed by atoms with Gasteiger partial charge in [0.15, 0.2) is 0 Å². The van der Waals surface area contributed by atoms with E-state index in [1.807, 2.05) is 0 Å². The Morgan fingerprint density at radius 2 is 2.29 bits per heavy atom. The first-order valence-electron chi connectivity index (χ1n) is 6.60. The second kappa shape index (κ2) is 6.35. The molecule has 0 aromatic carbocycles. The molecule has 1 aliphatic carbocycles. The number of halogens is 1. The van der Waals surface area contributed by atoms with Crippen molar-refractivity contribution >= 4 is 27.3 Å². The second-order valence-electron chi connectivity index (χ2n) is 5.19. The van der Waals surface area contributed by atoms with Crippen LogP contribution in [0.2, 0.25) is 0 Å². The fraction of sp³-hybridized carbons (Fsp3) is 0.714. The van der Waals surface area contributed by atoms with Crippen LogP contribution in [0.4, 0.5) is 0 Å². The molecule has 3 heteroatoms. The molecule has 1 aliphatic rings. The van der Waals surface area contributed by atoms with Crippen molar-refractivity contribution in [3.8, 4) is 0 Å². The molecule has 0 amide bonds. The molecule has 0 saturated heterocycles. The lowest BCUT2D eigenvalue weighted by atomic mass is 9.76. The largest absolute Gasteiger partial charge is 0.393 e. The van der Waals surface area contributed by atoms with E-state index in [0.29, 0.717) is 5.92 Å². The standard InChI is InChI=1S/C14H21BrOS/c1-2-3-10-4-5-13(16)11(8-10)9-14-12(15)6-7-17-14/h6-7,10-11,13,16H,2-5,8-9H2,1H3. The van der Waals surface area contributed by atoms with Gasteiger partial charge in [-0.1, -0.05) is 19.8 Å². The minimum atomic E-state index is -0.0860. The molecule has 3 atom stereocenters. The molecule has 1 saturated carbocycles. The second-order valence-corrected chi connectivity index (χ2v) is 7.05. The summed E-state index contributed by atoms with van der Waals surface area (Å²) in [6.07, 6.45) is 6.98. The number of hydrogen-bond acceptors (Lipinski definition) is 2. The first-order chi connectivity index (χ1) is 8.20. The number of thiophene rings is 1. The Hall–Kier alpha value is 0.140. The fourth-order valence-electron chi connectivity index (χ4n) is 2.94. The maximum atomic E-state index is 10.1. The molecule has 0 spiro atoms. The van der Waals surface area contributed by atoms with E-state index in [0.717, 1.165) is 18.8 Å². The third kappa shape index (κ3) is 3.55. The average molecular weight is 317 g/mol. The first-order valence-corrected chi connectivity index (χ1v) is 8.28. The molecular weight excluding hydrogens is 296 g/mol. The number of hydrogen-bond donors (Lipinski definition) is 1. The van der Waals surface area contributed by atoms with Crippen LogP contribution in [0.5, 0.6) is 0 Å². The van der Waals surface area contributed by atoms with Crippen LogP contribution in [0, 0.1) is 11.8 Å². The minimum absolute atomic E-state index is 0.0860. The van der Waals surface area contributed by atoms with E-state index in [1.54, 1.807) is 11.3 Å². The summed E-state index contributed by atoms with van der Waals surface area (Å²) in [5.41, 5.74) is 0. The average Bonchev–Trinajstić information content (AvgIpc) is 2.70. The maximum absolute atomic E-state index is 10.1. The molecule has 0 aliphatic heterocycles. The topological polar surface area (TPSA) is 20.2 Å². The Bertz CT molecular complexity index is 350. The van der Waals surface area contributed by atoms with Gasteiger partial charge < -0.3 is 5.11 Å². The highest BCUT2D eigenvalue weighted by atomic mass is 79.9. The van der Waals surface area contributed by atoms with Crippen molar-refractivity contribution in [1.82, 2.24) is 0 Å². The molecule has 1 fully saturated rings. The van der Waals surface area contributed by atoms with Crippen LogP contribution in [0.15, 0.2) is 15.9 Å². The van der Waals surface area contributed by atoms with Crippen LogP contribution in [0.25, 0.3) is 0 Å². The van der Waals surface area contributed by atoms with E-state index in [4.69, 9.17) is 0 Å². The smallest absolute Gasteiger partial charge is 0.0572 e. The van der Waals surface area contributed by atoms with Gasteiger partial charge in [-0.2, -0.15) is 0 Å². The molecule has 1 aromatic heterocycles. The van der Waals surface area contributed by atoms with Gasteiger partial charge in [0.25, 0.3) is 0 Å². The van der Waals surface area contributed by atoms with Crippen LogP contribution in [-0.4, -0.2) is 11.2 Å². The molecule has 1 aromatic rings. The van der Waals surface area contributed by atoms with Gasteiger partial charge in [-0.05, 0) is 64.9 Å². The van der Waals surface area contributed by atoms with Gasteiger partial charge in [0.1, 0.15) is 0 Å². The fourth-order valence-corrected chi connectivity index (χ4v) is 4.55. The van der Waals surface area contributed by atoms with Crippen LogP contribution in [-0.2, 0) is 6.42 Å². The summed E-state index contributed by atoms with van der Waals surface area (Å²) in [7, 11) is 0. The number of aliphatic hydroxyl groups excluding tert-OH is 1. The lowest BCUT2D eigenvalue weighted by molar-refractivity contribution is 0.0466. The lowest BCUT2D eigenvalue weighted by Gasteiger charge is -2.33. The number of rotatable bonds is 4. The summed E-state index contributed by atoms with van der Waals surface area (Å²) in [4.78, 5) is 1.39. The van der Waals surface area contributed by atoms with E-state index >= 15 is 0 Å². The highest BCUT2D eigenvalue weighted by Gasteiger charge is 2.29. The zero-order valence-electron chi connectivity index (χ0n) is 10.4. The molecular formula is C14H21BrOS. The normalized spacial score (nSPS) is 29.5. The zero-order valence-corrected chi connectivity index (χ0v) is 12.8. The van der Waals surface area contributed by atoms with E-state index in [2.05, 4.69) is 34.3 Å². The van der Waals surface area contributed by atoms with Crippen LogP contribution < -0.4 is 0 Å². The Labute approximate surface area is 116 Å². The van der Waals surface area contributed by atoms with E-state index in [-0.39, 0.29) is 6.10 Å². The van der Waals surface area contributed by atoms with Crippen molar-refractivity contribution < 1.29 is 5.11 Å². The van der Waals surface area contributed by atoms with Crippen molar-refractivity contribution in [1.29, 1.82) is 0 Å². The monoisotopic (exact) mass is 316 g/mol. The summed E-state index contributed by atoms with van der Waals surface area (Å²) >= 11 is 5.39. The maximum Gasteiger partial charge on any atom is 0.0572 e. The summed E-state index contributed by atoms with van der Waals surface area (Å²) in [6.45, 7) is 2.26. The van der Waals surface area contributed by atoms with Crippen molar-refractivity contribution in [2.24, 2.45) is 11.8 Å². The molecule has 0 bridgehead atoms. The zero-order chi connectivity index (χ0) is 12.3. The molecule has 1 nitrogen and oxygen atoms in total. The number of aliphatic hydroxyl groups is 1. The third-order valence-electron chi connectivity index (χ3n) is 3.89. The minimum Gasteiger partial charge on any atom is -0.393 e. The Morgan fingerprint density at radius 1 is 1.47 bits per heavy atom. The Balaban J connectivity index is 1.96. The van der Waals surface area contributed by atoms with Crippen LogP contribution in [0.1, 0.15) is 43.9 Å². The molecule has 0 radical (unpaired) electrons.